The van der Waals surface area contributed by atoms with Gasteiger partial charge in [0.1, 0.15) is 19.8 Å². The summed E-state index contributed by atoms with van der Waals surface area (Å²) >= 11 is 0. The van der Waals surface area contributed by atoms with E-state index in [1.54, 1.807) is 0 Å². The number of hydrogen-bond donors (Lipinski definition) is 1. The van der Waals surface area contributed by atoms with Crippen LogP contribution in [-0.4, -0.2) is 92.1 Å². The first-order valence-electron chi connectivity index (χ1n) is 13.5. The number of carbonyl (C=O) groups excluding carboxylic acids is 3. The van der Waals surface area contributed by atoms with Gasteiger partial charge in [0.05, 0.1) is 71.4 Å². The second-order valence-electron chi connectivity index (χ2n) is 9.60. The Bertz CT molecular complexity index is 1310. The van der Waals surface area contributed by atoms with Gasteiger partial charge in [0.2, 0.25) is 0 Å². The number of benzene rings is 3. The molecule has 13 heteroatoms. The molecular weight excluding hydrogens is 592 g/mol. The number of methoxy groups -OCH3 is 6. The van der Waals surface area contributed by atoms with Crippen molar-refractivity contribution in [2.75, 3.05) is 69.1 Å². The van der Waals surface area contributed by atoms with E-state index in [-0.39, 0.29) is 16.7 Å². The lowest BCUT2D eigenvalue weighted by Gasteiger charge is -2.30. The van der Waals surface area contributed by atoms with E-state index in [9.17, 15) is 19.5 Å². The van der Waals surface area contributed by atoms with Crippen molar-refractivity contribution in [2.24, 2.45) is 5.41 Å². The predicted molar refractivity (Wildman–Crippen MR) is 159 cm³/mol. The van der Waals surface area contributed by atoms with Crippen LogP contribution in [0.1, 0.15) is 31.1 Å². The lowest BCUT2D eigenvalue weighted by molar-refractivity contribution is -0.0587. The third-order valence-electron chi connectivity index (χ3n) is 6.72. The molecule has 242 valence electrons. The first kappa shape index (κ1) is 34.3. The molecule has 0 unspecified atom stereocenters. The molecule has 3 rings (SSSR count). The van der Waals surface area contributed by atoms with Crippen LogP contribution in [0.2, 0.25) is 0 Å². The van der Waals surface area contributed by atoms with Gasteiger partial charge in [-0.1, -0.05) is 0 Å². The summed E-state index contributed by atoms with van der Waals surface area (Å²) in [6.45, 7) is -2.16. The fourth-order valence-electron chi connectivity index (χ4n) is 4.06. The minimum absolute atomic E-state index is 0.129. The molecule has 13 nitrogen and oxygen atoms in total. The van der Waals surface area contributed by atoms with Gasteiger partial charge in [-0.15, -0.1) is 0 Å². The summed E-state index contributed by atoms with van der Waals surface area (Å²) in [5.41, 5.74) is -1.16. The normalized spacial score (nSPS) is 10.7. The average Bonchev–Trinajstić information content (AvgIpc) is 3.09. The second kappa shape index (κ2) is 16.1. The molecule has 1 N–H and O–H groups in total. The summed E-state index contributed by atoms with van der Waals surface area (Å²) in [6, 6.07) is 13.3. The maximum Gasteiger partial charge on any atom is 0.338 e. The van der Waals surface area contributed by atoms with Gasteiger partial charge in [-0.05, 0) is 54.6 Å². The van der Waals surface area contributed by atoms with Gasteiger partial charge in [-0.2, -0.15) is 0 Å². The lowest BCUT2D eigenvalue weighted by Crippen LogP contribution is -2.42. The molecule has 0 bridgehead atoms. The van der Waals surface area contributed by atoms with Crippen LogP contribution in [0.25, 0.3) is 0 Å². The highest BCUT2D eigenvalue weighted by Crippen LogP contribution is 2.31. The van der Waals surface area contributed by atoms with Crippen LogP contribution in [0.3, 0.4) is 0 Å². The van der Waals surface area contributed by atoms with E-state index >= 15 is 0 Å². The van der Waals surface area contributed by atoms with Crippen LogP contribution in [0.15, 0.2) is 54.6 Å². The van der Waals surface area contributed by atoms with E-state index in [1.807, 2.05) is 0 Å². The van der Waals surface area contributed by atoms with Gasteiger partial charge in [-0.3, -0.25) is 0 Å². The Balaban J connectivity index is 1.83. The van der Waals surface area contributed by atoms with Crippen LogP contribution >= 0.6 is 0 Å². The van der Waals surface area contributed by atoms with E-state index < -0.39 is 49.8 Å². The molecule has 0 aromatic heterocycles. The van der Waals surface area contributed by atoms with Crippen LogP contribution in [0, 0.1) is 5.41 Å². The number of hydrogen-bond acceptors (Lipinski definition) is 13. The van der Waals surface area contributed by atoms with E-state index in [0.717, 1.165) is 0 Å². The fourth-order valence-corrected chi connectivity index (χ4v) is 4.06. The molecule has 0 aliphatic heterocycles. The molecule has 0 saturated carbocycles. The number of ether oxygens (including phenoxy) is 9. The molecule has 3 aromatic carbocycles. The first-order chi connectivity index (χ1) is 21.7. The Morgan fingerprint density at radius 3 is 0.978 bits per heavy atom. The number of esters is 3. The highest BCUT2D eigenvalue weighted by Gasteiger charge is 2.36. The van der Waals surface area contributed by atoms with E-state index in [4.69, 9.17) is 42.6 Å². The van der Waals surface area contributed by atoms with Crippen LogP contribution < -0.4 is 28.4 Å². The topological polar surface area (TPSA) is 155 Å². The smallest absolute Gasteiger partial charge is 0.338 e. The largest absolute Gasteiger partial charge is 0.493 e. The molecular formula is C32H36O13. The molecule has 0 fully saturated rings. The summed E-state index contributed by atoms with van der Waals surface area (Å²) in [5.74, 6) is -0.202. The van der Waals surface area contributed by atoms with Crippen molar-refractivity contribution in [3.8, 4) is 34.5 Å². The maximum absolute atomic E-state index is 13.0. The van der Waals surface area contributed by atoms with Gasteiger partial charge < -0.3 is 47.7 Å². The Morgan fingerprint density at radius 1 is 0.489 bits per heavy atom. The van der Waals surface area contributed by atoms with Crippen molar-refractivity contribution in [1.29, 1.82) is 0 Å². The molecule has 0 spiro atoms. The third-order valence-corrected chi connectivity index (χ3v) is 6.72. The lowest BCUT2D eigenvalue weighted by atomic mass is 9.92. The monoisotopic (exact) mass is 628 g/mol. The summed E-state index contributed by atoms with van der Waals surface area (Å²) in [5, 5.41) is 10.5. The predicted octanol–water partition coefficient (Wildman–Crippen LogP) is 3.59. The maximum atomic E-state index is 13.0. The zero-order valence-electron chi connectivity index (χ0n) is 25.9. The molecule has 3 aromatic rings. The Hall–Kier alpha value is -5.17. The minimum atomic E-state index is -1.55. The van der Waals surface area contributed by atoms with Crippen molar-refractivity contribution in [1.82, 2.24) is 0 Å². The van der Waals surface area contributed by atoms with Crippen molar-refractivity contribution in [3.63, 3.8) is 0 Å². The van der Waals surface area contributed by atoms with E-state index in [2.05, 4.69) is 0 Å². The SMILES string of the molecule is COc1ccc(C(=O)OCC(CO)(COC(=O)c2ccc(OC)c(OC)c2)COC(=O)c2ccc(OC)c(OC)c2)cc1OC. The zero-order valence-corrected chi connectivity index (χ0v) is 25.9. The standard InChI is InChI=1S/C32H36O13/c1-37-23-10-7-20(13-26(23)40-4)29(34)43-17-32(16-33,18-44-30(35)21-8-11-24(38-2)27(14-21)41-5)19-45-31(36)22-9-12-25(39-3)28(15-22)42-6/h7-15,33H,16-19H2,1-6H3. The van der Waals surface area contributed by atoms with Crippen molar-refractivity contribution < 1.29 is 62.1 Å². The Labute approximate surface area is 260 Å². The molecule has 0 saturated heterocycles. The van der Waals surface area contributed by atoms with Crippen molar-refractivity contribution in [3.05, 3.63) is 71.3 Å². The minimum Gasteiger partial charge on any atom is -0.493 e. The average molecular weight is 629 g/mol. The summed E-state index contributed by atoms with van der Waals surface area (Å²) in [6.07, 6.45) is 0. The van der Waals surface area contributed by atoms with Crippen LogP contribution in [0.4, 0.5) is 0 Å². The molecule has 0 radical (unpaired) electrons. The Morgan fingerprint density at radius 2 is 0.756 bits per heavy atom. The quantitative estimate of drug-likeness (QED) is 0.182. The van der Waals surface area contributed by atoms with Gasteiger partial charge in [0, 0.05) is 0 Å². The van der Waals surface area contributed by atoms with E-state index in [0.29, 0.717) is 34.5 Å². The number of aliphatic hydroxyl groups excluding tert-OH is 1. The van der Waals surface area contributed by atoms with Crippen LogP contribution in [-0.2, 0) is 14.2 Å². The van der Waals surface area contributed by atoms with Gasteiger partial charge in [0.25, 0.3) is 0 Å². The number of aliphatic hydroxyl groups is 1. The summed E-state index contributed by atoms with van der Waals surface area (Å²) in [4.78, 5) is 39.0. The molecule has 0 atom stereocenters. The zero-order chi connectivity index (χ0) is 33.0. The third kappa shape index (κ3) is 8.48. The van der Waals surface area contributed by atoms with Crippen LogP contribution in [0.5, 0.6) is 34.5 Å². The highest BCUT2D eigenvalue weighted by molar-refractivity contribution is 5.91. The van der Waals surface area contributed by atoms with Gasteiger partial charge in [0.15, 0.2) is 34.5 Å². The molecule has 0 aliphatic rings. The van der Waals surface area contributed by atoms with E-state index in [1.165, 1.54) is 97.3 Å². The number of rotatable bonds is 16. The van der Waals surface area contributed by atoms with Gasteiger partial charge in [-0.25, -0.2) is 14.4 Å². The van der Waals surface area contributed by atoms with Gasteiger partial charge >= 0.3 is 17.9 Å². The number of carbonyl (C=O) groups is 3. The summed E-state index contributed by atoms with van der Waals surface area (Å²) in [7, 11) is 8.63. The van der Waals surface area contributed by atoms with Crippen molar-refractivity contribution in [2.45, 2.75) is 0 Å². The molecule has 0 amide bonds. The first-order valence-corrected chi connectivity index (χ1v) is 13.5. The molecule has 45 heavy (non-hydrogen) atoms. The molecule has 0 heterocycles. The highest BCUT2D eigenvalue weighted by atomic mass is 16.6. The second-order valence-corrected chi connectivity index (χ2v) is 9.60. The Kier molecular flexibility index (Phi) is 12.2. The van der Waals surface area contributed by atoms with Crippen molar-refractivity contribution >= 4 is 17.9 Å². The molecule has 0 aliphatic carbocycles. The summed E-state index contributed by atoms with van der Waals surface area (Å²) < 4.78 is 47.9. The fraction of sp³-hybridized carbons (Fsp3) is 0.344.